The average Bonchev–Trinajstić information content (AvgIpc) is 1.25. The number of rotatable bonds is 0. The first-order valence-corrected chi connectivity index (χ1v) is 3.00. The molecule has 0 atom stereocenters. The van der Waals surface area contributed by atoms with Gasteiger partial charge in [0.1, 0.15) is 0 Å². The third-order valence-electron chi connectivity index (χ3n) is 0. The molecule has 0 aliphatic carbocycles. The van der Waals surface area contributed by atoms with Crippen LogP contribution in [0.1, 0.15) is 41.5 Å². The molecule has 52 valence electrons. The smallest absolute Gasteiger partial charge is 0.323 e. The monoisotopic (exact) mass is 128 g/mol. The van der Waals surface area contributed by atoms with Gasteiger partial charge in [-0.15, -0.1) is 0 Å². The molecule has 2 heteroatoms. The van der Waals surface area contributed by atoms with Crippen LogP contribution in [0.4, 0.5) is 0 Å². The first kappa shape index (κ1) is 22.5. The third kappa shape index (κ3) is 433. The first-order valence-electron chi connectivity index (χ1n) is 3.00. The van der Waals surface area contributed by atoms with Crippen LogP contribution in [0, 0.1) is 11.8 Å². The Morgan fingerprint density at radius 3 is 0.500 bits per heavy atom. The Morgan fingerprint density at radius 1 is 0.500 bits per heavy atom. The van der Waals surface area contributed by atoms with Crippen LogP contribution in [0.5, 0.6) is 0 Å². The molecule has 0 nitrogen and oxygen atoms in total. The summed E-state index contributed by atoms with van der Waals surface area (Å²) >= 11 is 0. The summed E-state index contributed by atoms with van der Waals surface area (Å²) in [7, 11) is 0. The predicted molar refractivity (Wildman–Crippen MR) is 40.5 cm³/mol. The van der Waals surface area contributed by atoms with Crippen LogP contribution < -0.4 is 37.7 Å². The zero-order valence-corrected chi connectivity index (χ0v) is 9.00. The minimum atomic E-state index is 0. The molecule has 0 fully saturated rings. The second kappa shape index (κ2) is 16.7. The van der Waals surface area contributed by atoms with Crippen molar-refractivity contribution < 1.29 is 37.7 Å². The van der Waals surface area contributed by atoms with E-state index in [1.807, 2.05) is 0 Å². The fraction of sp³-hybridized carbons (Fsp3) is 0.750. The SMILES string of the molecule is C[C-](C)C.C[C-](C)C.[Li+].[Li+]. The molecule has 0 bridgehead atoms. The molecule has 0 aliphatic heterocycles. The standard InChI is InChI=1S/2C4H9.2Li/c2*1-4(2)3;;/h2*1-3H3;;/q2*-1;2*+1. The van der Waals surface area contributed by atoms with Crippen molar-refractivity contribution in [2.45, 2.75) is 41.5 Å². The Balaban J connectivity index is -0.0000000300. The minimum Gasteiger partial charge on any atom is -0.323 e. The second-order valence-corrected chi connectivity index (χ2v) is 3.00. The van der Waals surface area contributed by atoms with Gasteiger partial charge in [-0.3, -0.25) is 0 Å². The summed E-state index contributed by atoms with van der Waals surface area (Å²) in [5, 5.41) is 0. The Labute approximate surface area is 90.9 Å². The fourth-order valence-electron chi connectivity index (χ4n) is 0. The van der Waals surface area contributed by atoms with E-state index in [2.05, 4.69) is 41.5 Å². The van der Waals surface area contributed by atoms with Gasteiger partial charge in [0.05, 0.1) is 0 Å². The molecule has 0 aromatic heterocycles. The van der Waals surface area contributed by atoms with E-state index in [4.69, 9.17) is 0 Å². The molecule has 0 aromatic rings. The Bertz CT molecular complexity index is 22.7. The molecule has 0 rings (SSSR count). The summed E-state index contributed by atoms with van der Waals surface area (Å²) in [5.74, 6) is 2.83. The Kier molecular flexibility index (Phi) is 37.4. The summed E-state index contributed by atoms with van der Waals surface area (Å²) in [6.07, 6.45) is 0. The van der Waals surface area contributed by atoms with Crippen molar-refractivity contribution in [1.29, 1.82) is 0 Å². The van der Waals surface area contributed by atoms with Crippen LogP contribution in [0.15, 0.2) is 0 Å². The van der Waals surface area contributed by atoms with E-state index in [-0.39, 0.29) is 37.7 Å². The van der Waals surface area contributed by atoms with E-state index < -0.39 is 0 Å². The van der Waals surface area contributed by atoms with Crippen LogP contribution in [-0.4, -0.2) is 0 Å². The maximum Gasteiger partial charge on any atom is 1.00 e. The molecule has 10 heavy (non-hydrogen) atoms. The van der Waals surface area contributed by atoms with E-state index in [0.717, 1.165) is 0 Å². The van der Waals surface area contributed by atoms with Crippen LogP contribution in [-0.2, 0) is 0 Å². The van der Waals surface area contributed by atoms with Gasteiger partial charge in [0.15, 0.2) is 0 Å². The maximum atomic E-state index is 2.08. The summed E-state index contributed by atoms with van der Waals surface area (Å²) in [6.45, 7) is 12.5. The Morgan fingerprint density at radius 2 is 0.500 bits per heavy atom. The van der Waals surface area contributed by atoms with Crippen molar-refractivity contribution in [3.8, 4) is 0 Å². The molecule has 0 amide bonds. The van der Waals surface area contributed by atoms with Gasteiger partial charge in [-0.25, -0.2) is 0 Å². The van der Waals surface area contributed by atoms with Gasteiger partial charge >= 0.3 is 37.7 Å². The number of hydrogen-bond donors (Lipinski definition) is 0. The molecule has 0 saturated carbocycles. The van der Waals surface area contributed by atoms with Crippen molar-refractivity contribution in [3.63, 3.8) is 0 Å². The van der Waals surface area contributed by atoms with Gasteiger partial charge in [-0.05, 0) is 0 Å². The first-order chi connectivity index (χ1) is 3.46. The molecule has 0 aromatic carbocycles. The zero-order valence-electron chi connectivity index (χ0n) is 9.00. The molecule has 0 radical (unpaired) electrons. The van der Waals surface area contributed by atoms with E-state index in [1.54, 1.807) is 0 Å². The third-order valence-corrected chi connectivity index (χ3v) is 0. The van der Waals surface area contributed by atoms with E-state index in [9.17, 15) is 0 Å². The predicted octanol–water partition coefficient (Wildman–Crippen LogP) is -2.75. The van der Waals surface area contributed by atoms with Gasteiger partial charge in [0, 0.05) is 0 Å². The summed E-state index contributed by atoms with van der Waals surface area (Å²) < 4.78 is 0. The molecule has 0 unspecified atom stereocenters. The minimum absolute atomic E-state index is 0. The van der Waals surface area contributed by atoms with Gasteiger partial charge in [-0.2, -0.15) is 41.5 Å². The molecule has 0 spiro atoms. The fourth-order valence-corrected chi connectivity index (χ4v) is 0. The normalized spacial score (nSPS) is 7.20. The van der Waals surface area contributed by atoms with Gasteiger partial charge < -0.3 is 11.8 Å². The second-order valence-electron chi connectivity index (χ2n) is 3.00. The number of hydrogen-bond acceptors (Lipinski definition) is 0. The molecule has 0 heterocycles. The Hall–Kier alpha value is 1.19. The average molecular weight is 128 g/mol. The van der Waals surface area contributed by atoms with Gasteiger partial charge in [0.25, 0.3) is 0 Å². The van der Waals surface area contributed by atoms with Gasteiger partial charge in [-0.1, -0.05) is 0 Å². The molecule has 0 aliphatic rings. The van der Waals surface area contributed by atoms with E-state index in [0.29, 0.717) is 0 Å². The van der Waals surface area contributed by atoms with Crippen molar-refractivity contribution in [2.24, 2.45) is 0 Å². The van der Waals surface area contributed by atoms with Crippen molar-refractivity contribution in [3.05, 3.63) is 11.8 Å². The molecular weight excluding hydrogens is 110 g/mol. The van der Waals surface area contributed by atoms with Crippen molar-refractivity contribution in [2.75, 3.05) is 0 Å². The largest absolute Gasteiger partial charge is 1.00 e. The molecule has 0 N–H and O–H groups in total. The van der Waals surface area contributed by atoms with Crippen LogP contribution >= 0.6 is 0 Å². The summed E-state index contributed by atoms with van der Waals surface area (Å²) in [6, 6.07) is 0. The topological polar surface area (TPSA) is 0 Å². The molecular formula is C8H18Li2. The zero-order chi connectivity index (χ0) is 7.15. The van der Waals surface area contributed by atoms with Crippen molar-refractivity contribution >= 4 is 0 Å². The van der Waals surface area contributed by atoms with E-state index >= 15 is 0 Å². The quantitative estimate of drug-likeness (QED) is 0.245. The van der Waals surface area contributed by atoms with Gasteiger partial charge in [0.2, 0.25) is 0 Å². The molecule has 0 saturated heterocycles. The van der Waals surface area contributed by atoms with E-state index in [1.165, 1.54) is 11.8 Å². The van der Waals surface area contributed by atoms with Crippen LogP contribution in [0.2, 0.25) is 0 Å². The summed E-state index contributed by atoms with van der Waals surface area (Å²) in [5.41, 5.74) is 0. The van der Waals surface area contributed by atoms with Crippen LogP contribution in [0.3, 0.4) is 0 Å². The van der Waals surface area contributed by atoms with Crippen molar-refractivity contribution in [1.82, 2.24) is 0 Å². The van der Waals surface area contributed by atoms with Crippen LogP contribution in [0.25, 0.3) is 0 Å². The summed E-state index contributed by atoms with van der Waals surface area (Å²) in [4.78, 5) is 0. The maximum absolute atomic E-state index is 2.08.